The fraction of sp³-hybridized carbons (Fsp3) is 0.471. The van der Waals surface area contributed by atoms with E-state index < -0.39 is 0 Å². The number of aryl methyl sites for hydroxylation is 1. The van der Waals surface area contributed by atoms with Crippen molar-refractivity contribution in [2.24, 2.45) is 0 Å². The Labute approximate surface area is 147 Å². The maximum Gasteiger partial charge on any atom is 0.230 e. The van der Waals surface area contributed by atoms with E-state index in [0.29, 0.717) is 5.75 Å². The predicted octanol–water partition coefficient (Wildman–Crippen LogP) is 3.15. The summed E-state index contributed by atoms with van der Waals surface area (Å²) in [5, 5.41) is 11.7. The number of thioether (sulfide) groups is 1. The van der Waals surface area contributed by atoms with Crippen LogP contribution in [0.1, 0.15) is 44.0 Å². The number of hydrogen-bond acceptors (Lipinski definition) is 5. The monoisotopic (exact) mass is 348 g/mol. The smallest absolute Gasteiger partial charge is 0.230 e. The van der Waals surface area contributed by atoms with Crippen LogP contribution in [0.2, 0.25) is 0 Å². The van der Waals surface area contributed by atoms with E-state index >= 15 is 0 Å². The Bertz CT molecular complexity index is 700. The SMILES string of the molecule is COc1ccc(C)cc1C(C)NC(=O)CSc1nncn1C(C)C. The second kappa shape index (κ2) is 8.19. The minimum Gasteiger partial charge on any atom is -0.496 e. The molecule has 1 N–H and O–H groups in total. The average Bonchev–Trinajstić information content (AvgIpc) is 3.01. The Morgan fingerprint density at radius 2 is 2.12 bits per heavy atom. The molecule has 2 aromatic rings. The molecule has 2 rings (SSSR count). The van der Waals surface area contributed by atoms with Crippen molar-refractivity contribution in [1.29, 1.82) is 0 Å². The molecule has 0 saturated heterocycles. The summed E-state index contributed by atoms with van der Waals surface area (Å²) in [5.41, 5.74) is 2.10. The number of nitrogens with zero attached hydrogens (tertiary/aromatic N) is 3. The third kappa shape index (κ3) is 4.50. The third-order valence-electron chi connectivity index (χ3n) is 3.66. The van der Waals surface area contributed by atoms with Crippen LogP contribution in [0.3, 0.4) is 0 Å². The standard InChI is InChI=1S/C17H24N4O2S/c1-11(2)21-10-18-20-17(21)24-9-16(22)19-13(4)14-8-12(3)6-7-15(14)23-5/h6-8,10-11,13H,9H2,1-5H3,(H,19,22). The molecule has 0 aliphatic carbocycles. The zero-order chi connectivity index (χ0) is 17.7. The molecule has 0 aliphatic rings. The maximum atomic E-state index is 12.3. The first-order valence-electron chi connectivity index (χ1n) is 7.88. The van der Waals surface area contributed by atoms with E-state index in [1.165, 1.54) is 11.8 Å². The van der Waals surface area contributed by atoms with Gasteiger partial charge in [-0.2, -0.15) is 0 Å². The molecule has 0 spiro atoms. The predicted molar refractivity (Wildman–Crippen MR) is 95.4 cm³/mol. The summed E-state index contributed by atoms with van der Waals surface area (Å²) in [6.07, 6.45) is 1.69. The van der Waals surface area contributed by atoms with Crippen molar-refractivity contribution in [3.63, 3.8) is 0 Å². The molecule has 0 aliphatic heterocycles. The normalized spacial score (nSPS) is 12.2. The largest absolute Gasteiger partial charge is 0.496 e. The Kier molecular flexibility index (Phi) is 6.25. The molecule has 0 bridgehead atoms. The Morgan fingerprint density at radius 3 is 2.79 bits per heavy atom. The molecule has 1 heterocycles. The number of rotatable bonds is 7. The van der Waals surface area contributed by atoms with Gasteiger partial charge in [-0.3, -0.25) is 4.79 Å². The van der Waals surface area contributed by atoms with Gasteiger partial charge in [-0.05, 0) is 33.8 Å². The lowest BCUT2D eigenvalue weighted by Crippen LogP contribution is -2.28. The summed E-state index contributed by atoms with van der Waals surface area (Å²) in [6.45, 7) is 8.09. The van der Waals surface area contributed by atoms with Gasteiger partial charge in [-0.25, -0.2) is 0 Å². The van der Waals surface area contributed by atoms with E-state index in [1.807, 2.05) is 36.6 Å². The number of amides is 1. The first kappa shape index (κ1) is 18.3. The molecule has 7 heteroatoms. The first-order chi connectivity index (χ1) is 11.4. The lowest BCUT2D eigenvalue weighted by Gasteiger charge is -2.18. The summed E-state index contributed by atoms with van der Waals surface area (Å²) in [6, 6.07) is 6.09. The lowest BCUT2D eigenvalue weighted by atomic mass is 10.0. The molecular formula is C17H24N4O2S. The molecule has 1 aromatic carbocycles. The van der Waals surface area contributed by atoms with Crippen molar-refractivity contribution in [1.82, 2.24) is 20.1 Å². The van der Waals surface area contributed by atoms with Gasteiger partial charge in [-0.1, -0.05) is 29.5 Å². The van der Waals surface area contributed by atoms with Crippen molar-refractivity contribution < 1.29 is 9.53 Å². The van der Waals surface area contributed by atoms with Crippen LogP contribution < -0.4 is 10.1 Å². The molecule has 24 heavy (non-hydrogen) atoms. The van der Waals surface area contributed by atoms with Crippen LogP contribution in [0.4, 0.5) is 0 Å². The fourth-order valence-electron chi connectivity index (χ4n) is 2.37. The summed E-state index contributed by atoms with van der Waals surface area (Å²) in [7, 11) is 1.64. The van der Waals surface area contributed by atoms with Gasteiger partial charge < -0.3 is 14.6 Å². The van der Waals surface area contributed by atoms with Gasteiger partial charge >= 0.3 is 0 Å². The fourth-order valence-corrected chi connectivity index (χ4v) is 3.23. The van der Waals surface area contributed by atoms with Crippen molar-refractivity contribution in [2.45, 2.75) is 44.9 Å². The van der Waals surface area contributed by atoms with Gasteiger partial charge in [0.15, 0.2) is 5.16 Å². The number of carbonyl (C=O) groups excluding carboxylic acids is 1. The summed E-state index contributed by atoms with van der Waals surface area (Å²) < 4.78 is 7.34. The van der Waals surface area contributed by atoms with E-state index in [1.54, 1.807) is 13.4 Å². The number of nitrogens with one attached hydrogen (secondary N) is 1. The average molecular weight is 348 g/mol. The number of benzene rings is 1. The van der Waals surface area contributed by atoms with Gasteiger partial charge in [-0.15, -0.1) is 10.2 Å². The lowest BCUT2D eigenvalue weighted by molar-refractivity contribution is -0.119. The first-order valence-corrected chi connectivity index (χ1v) is 8.87. The molecule has 1 unspecified atom stereocenters. The number of ether oxygens (including phenoxy) is 1. The zero-order valence-corrected chi connectivity index (χ0v) is 15.6. The third-order valence-corrected chi connectivity index (χ3v) is 4.62. The van der Waals surface area contributed by atoms with E-state index in [4.69, 9.17) is 4.74 Å². The molecule has 0 fully saturated rings. The van der Waals surface area contributed by atoms with Crippen LogP contribution in [-0.2, 0) is 4.79 Å². The highest BCUT2D eigenvalue weighted by Gasteiger charge is 2.16. The van der Waals surface area contributed by atoms with Crippen LogP contribution in [0.5, 0.6) is 5.75 Å². The molecule has 6 nitrogen and oxygen atoms in total. The van der Waals surface area contributed by atoms with E-state index in [2.05, 4.69) is 29.4 Å². The molecule has 1 amide bonds. The Hall–Kier alpha value is -2.02. The summed E-state index contributed by atoms with van der Waals surface area (Å²) in [4.78, 5) is 12.3. The van der Waals surface area contributed by atoms with Crippen LogP contribution in [0.25, 0.3) is 0 Å². The van der Waals surface area contributed by atoms with Gasteiger partial charge in [0.05, 0.1) is 18.9 Å². The van der Waals surface area contributed by atoms with Gasteiger partial charge in [0.2, 0.25) is 5.91 Å². The van der Waals surface area contributed by atoms with Crippen molar-refractivity contribution in [2.75, 3.05) is 12.9 Å². The van der Waals surface area contributed by atoms with Crippen LogP contribution in [-0.4, -0.2) is 33.5 Å². The minimum atomic E-state index is -0.129. The quantitative estimate of drug-likeness (QED) is 0.779. The minimum absolute atomic E-state index is 0.0469. The summed E-state index contributed by atoms with van der Waals surface area (Å²) in [5.74, 6) is 1.03. The molecule has 130 valence electrons. The molecule has 1 aromatic heterocycles. The van der Waals surface area contributed by atoms with Crippen molar-refractivity contribution in [3.8, 4) is 5.75 Å². The van der Waals surface area contributed by atoms with Gasteiger partial charge in [0.1, 0.15) is 12.1 Å². The Balaban J connectivity index is 1.97. The van der Waals surface area contributed by atoms with Crippen LogP contribution in [0.15, 0.2) is 29.7 Å². The van der Waals surface area contributed by atoms with E-state index in [0.717, 1.165) is 22.0 Å². The molecule has 0 saturated carbocycles. The second-order valence-corrected chi connectivity index (χ2v) is 6.88. The molecular weight excluding hydrogens is 324 g/mol. The van der Waals surface area contributed by atoms with Crippen LogP contribution >= 0.6 is 11.8 Å². The number of hydrogen-bond donors (Lipinski definition) is 1. The molecule has 0 radical (unpaired) electrons. The Morgan fingerprint density at radius 1 is 1.38 bits per heavy atom. The topological polar surface area (TPSA) is 69.0 Å². The van der Waals surface area contributed by atoms with Crippen molar-refractivity contribution >= 4 is 17.7 Å². The van der Waals surface area contributed by atoms with E-state index in [-0.39, 0.29) is 18.0 Å². The van der Waals surface area contributed by atoms with Crippen molar-refractivity contribution in [3.05, 3.63) is 35.7 Å². The number of aromatic nitrogens is 3. The summed E-state index contributed by atoms with van der Waals surface area (Å²) >= 11 is 1.39. The highest BCUT2D eigenvalue weighted by molar-refractivity contribution is 7.99. The second-order valence-electron chi connectivity index (χ2n) is 5.94. The van der Waals surface area contributed by atoms with Gasteiger partial charge in [0.25, 0.3) is 0 Å². The maximum absolute atomic E-state index is 12.3. The number of carbonyl (C=O) groups is 1. The highest BCUT2D eigenvalue weighted by atomic mass is 32.2. The van der Waals surface area contributed by atoms with Crippen LogP contribution in [0, 0.1) is 6.92 Å². The van der Waals surface area contributed by atoms with E-state index in [9.17, 15) is 4.79 Å². The highest BCUT2D eigenvalue weighted by Crippen LogP contribution is 2.26. The zero-order valence-electron chi connectivity index (χ0n) is 14.7. The van der Waals surface area contributed by atoms with Gasteiger partial charge in [0, 0.05) is 11.6 Å². The molecule has 1 atom stereocenters. The number of methoxy groups -OCH3 is 1.